The molecular weight excluding hydrogens is 755 g/mol. The maximum Gasteiger partial charge on any atom is 0.0540 e. The molecule has 8 aromatic rings. The van der Waals surface area contributed by atoms with Gasteiger partial charge in [-0.05, 0) is 178 Å². The molecule has 7 aliphatic rings. The number of aryl methyl sites for hydroxylation is 1. The van der Waals surface area contributed by atoms with Gasteiger partial charge >= 0.3 is 0 Å². The molecule has 4 bridgehead atoms. The lowest BCUT2D eigenvalue weighted by Gasteiger charge is -2.61. The molecule has 2 heteroatoms. The molecule has 7 aliphatic carbocycles. The fourth-order valence-corrected chi connectivity index (χ4v) is 15.6. The molecule has 1 heterocycles. The van der Waals surface area contributed by atoms with E-state index in [2.05, 4.69) is 170 Å². The fourth-order valence-electron chi connectivity index (χ4n) is 14.4. The second-order valence-corrected chi connectivity index (χ2v) is 21.1. The first-order valence-corrected chi connectivity index (χ1v) is 23.8. The lowest BCUT2D eigenvalue weighted by molar-refractivity contribution is -0.0399. The first kappa shape index (κ1) is 35.0. The van der Waals surface area contributed by atoms with Gasteiger partial charge in [0, 0.05) is 42.6 Å². The number of allylic oxidation sites excluding steroid dienone is 1. The molecule has 0 aliphatic heterocycles. The molecule has 61 heavy (non-hydrogen) atoms. The van der Waals surface area contributed by atoms with Crippen molar-refractivity contribution in [1.29, 1.82) is 0 Å². The van der Waals surface area contributed by atoms with E-state index in [0.717, 1.165) is 36.5 Å². The number of benzene rings is 7. The monoisotopic (exact) mass is 803 g/mol. The topological polar surface area (TPSA) is 3.24 Å². The van der Waals surface area contributed by atoms with Gasteiger partial charge in [-0.3, -0.25) is 0 Å². The highest BCUT2D eigenvalue weighted by molar-refractivity contribution is 7.19. The largest absolute Gasteiger partial charge is 0.310 e. The van der Waals surface area contributed by atoms with E-state index in [1.54, 1.807) is 11.1 Å². The molecule has 4 fully saturated rings. The van der Waals surface area contributed by atoms with Crippen LogP contribution in [0.1, 0.15) is 85.1 Å². The van der Waals surface area contributed by atoms with Crippen LogP contribution in [0, 0.1) is 23.7 Å². The summed E-state index contributed by atoms with van der Waals surface area (Å²) in [5, 5.41) is 3.96. The van der Waals surface area contributed by atoms with Gasteiger partial charge in [-0.2, -0.15) is 0 Å². The van der Waals surface area contributed by atoms with Crippen LogP contribution in [-0.4, -0.2) is 0 Å². The maximum absolute atomic E-state index is 2.66. The van der Waals surface area contributed by atoms with Gasteiger partial charge < -0.3 is 4.90 Å². The molecule has 7 aromatic carbocycles. The van der Waals surface area contributed by atoms with Crippen LogP contribution in [0.25, 0.3) is 60.3 Å². The Kier molecular flexibility index (Phi) is 7.14. The van der Waals surface area contributed by atoms with Crippen molar-refractivity contribution in [2.24, 2.45) is 23.7 Å². The molecule has 0 N–H and O–H groups in total. The van der Waals surface area contributed by atoms with Gasteiger partial charge in [-0.1, -0.05) is 123 Å². The van der Waals surface area contributed by atoms with Crippen LogP contribution in [0.4, 0.5) is 17.1 Å². The number of anilines is 3. The van der Waals surface area contributed by atoms with Crippen molar-refractivity contribution in [3.63, 3.8) is 0 Å². The molecule has 1 aromatic heterocycles. The summed E-state index contributed by atoms with van der Waals surface area (Å²) in [7, 11) is 0. The third-order valence-electron chi connectivity index (χ3n) is 16.7. The molecule has 15 rings (SSSR count). The van der Waals surface area contributed by atoms with Gasteiger partial charge in [0.25, 0.3) is 0 Å². The predicted octanol–water partition coefficient (Wildman–Crippen LogP) is 16.2. The zero-order valence-corrected chi connectivity index (χ0v) is 35.9. The Morgan fingerprint density at radius 2 is 1.16 bits per heavy atom. The molecular formula is C59H49NS. The van der Waals surface area contributed by atoms with Gasteiger partial charge in [0.2, 0.25) is 0 Å². The molecule has 1 nitrogen and oxygen atoms in total. The summed E-state index contributed by atoms with van der Waals surface area (Å²) >= 11 is 1.97. The maximum atomic E-state index is 2.66. The molecule has 1 spiro atoms. The number of thiophene rings is 1. The highest BCUT2D eigenvalue weighted by Crippen LogP contribution is 2.69. The minimum absolute atomic E-state index is 0.0947. The Labute approximate surface area is 363 Å². The van der Waals surface area contributed by atoms with Crippen LogP contribution in [0.2, 0.25) is 0 Å². The van der Waals surface area contributed by atoms with Crippen LogP contribution in [-0.2, 0) is 17.3 Å². The fraction of sp³-hybridized carbons (Fsp3) is 0.254. The summed E-state index contributed by atoms with van der Waals surface area (Å²) in [5.41, 5.74) is 19.5. The van der Waals surface area contributed by atoms with Crippen molar-refractivity contribution in [2.75, 3.05) is 4.90 Å². The quantitative estimate of drug-likeness (QED) is 0.171. The summed E-state index contributed by atoms with van der Waals surface area (Å²) in [4.78, 5) is 4.07. The summed E-state index contributed by atoms with van der Waals surface area (Å²) in [6.07, 6.45) is 14.1. The molecule has 4 saturated carbocycles. The first-order chi connectivity index (χ1) is 29.9. The molecule has 0 amide bonds. The van der Waals surface area contributed by atoms with E-state index in [9.17, 15) is 0 Å². The Balaban J connectivity index is 0.961. The SMILES string of the molecule is CC1(C)c2ccccc2-c2ccc(N(c3ccc4sc5c(c4c3)C=CCC5)c3ccc(-c4ccc5c(c4)C4(c6ccccc6-5)C5CC6CC(C5)CC4C6)c4ccccc34)cc21. The van der Waals surface area contributed by atoms with Gasteiger partial charge in [-0.25, -0.2) is 0 Å². The lowest BCUT2D eigenvalue weighted by Crippen LogP contribution is -2.55. The standard InChI is InChI=1S/C59H49NS/c1-58(2)51-16-8-5-12-44(51)46-23-20-41(34-53(46)58)60(40-21-26-57-50(33-40)49-15-7-10-18-56(49)61-57)55-25-24-42(43-11-3-4-14-48(43)55)37-19-22-47-45-13-6-9-17-52(45)59(54(47)32-37)38-28-35-27-36(30-38)31-39(59)29-35/h3-9,11-17,19-26,32-36,38-39H,10,18,27-31H2,1-2H3. The number of nitrogens with zero attached hydrogens (tertiary/aromatic N) is 1. The van der Waals surface area contributed by atoms with Crippen LogP contribution in [0.15, 0.2) is 146 Å². The van der Waals surface area contributed by atoms with Crippen molar-refractivity contribution < 1.29 is 0 Å². The van der Waals surface area contributed by atoms with Crippen LogP contribution < -0.4 is 4.90 Å². The number of hydrogen-bond acceptors (Lipinski definition) is 2. The highest BCUT2D eigenvalue weighted by Gasteiger charge is 2.61. The second-order valence-electron chi connectivity index (χ2n) is 20.0. The molecule has 0 atom stereocenters. The summed E-state index contributed by atoms with van der Waals surface area (Å²) in [6, 6.07) is 54.7. The Morgan fingerprint density at radius 3 is 1.98 bits per heavy atom. The Hall–Kier alpha value is -5.70. The minimum atomic E-state index is -0.0947. The molecule has 296 valence electrons. The highest BCUT2D eigenvalue weighted by atomic mass is 32.1. The van der Waals surface area contributed by atoms with Crippen molar-refractivity contribution in [3.8, 4) is 33.4 Å². The van der Waals surface area contributed by atoms with E-state index < -0.39 is 0 Å². The minimum Gasteiger partial charge on any atom is -0.310 e. The third kappa shape index (κ3) is 4.67. The summed E-state index contributed by atoms with van der Waals surface area (Å²) < 4.78 is 1.38. The van der Waals surface area contributed by atoms with Crippen molar-refractivity contribution in [2.45, 2.75) is 69.6 Å². The third-order valence-corrected chi connectivity index (χ3v) is 17.9. The van der Waals surface area contributed by atoms with Crippen molar-refractivity contribution in [3.05, 3.63) is 178 Å². The molecule has 0 saturated heterocycles. The van der Waals surface area contributed by atoms with Crippen LogP contribution in [0.3, 0.4) is 0 Å². The van der Waals surface area contributed by atoms with Crippen molar-refractivity contribution >= 4 is 55.3 Å². The summed E-state index contributed by atoms with van der Waals surface area (Å²) in [6.45, 7) is 4.79. The average molecular weight is 804 g/mol. The number of hydrogen-bond donors (Lipinski definition) is 0. The second kappa shape index (κ2) is 12.5. The smallest absolute Gasteiger partial charge is 0.0540 e. The summed E-state index contributed by atoms with van der Waals surface area (Å²) in [5.74, 6) is 3.37. The normalized spacial score (nSPS) is 24.2. The molecule has 0 radical (unpaired) electrons. The number of fused-ring (bicyclic) bond motifs is 10. The predicted molar refractivity (Wildman–Crippen MR) is 258 cm³/mol. The van der Waals surface area contributed by atoms with Gasteiger partial charge in [-0.15, -0.1) is 11.3 Å². The molecule has 0 unspecified atom stereocenters. The Morgan fingerprint density at radius 1 is 0.525 bits per heavy atom. The Bertz CT molecular complexity index is 3180. The first-order valence-electron chi connectivity index (χ1n) is 23.0. The average Bonchev–Trinajstić information content (AvgIpc) is 3.89. The van der Waals surface area contributed by atoms with Crippen molar-refractivity contribution in [1.82, 2.24) is 0 Å². The van der Waals surface area contributed by atoms with E-state index in [4.69, 9.17) is 0 Å². The van der Waals surface area contributed by atoms with Crippen LogP contribution in [0.5, 0.6) is 0 Å². The van der Waals surface area contributed by atoms with E-state index in [1.165, 1.54) is 125 Å². The van der Waals surface area contributed by atoms with Gasteiger partial charge in [0.05, 0.1) is 5.69 Å². The zero-order valence-electron chi connectivity index (χ0n) is 35.0. The number of rotatable bonds is 4. The van der Waals surface area contributed by atoms with E-state index in [0.29, 0.717) is 0 Å². The van der Waals surface area contributed by atoms with E-state index in [-0.39, 0.29) is 10.8 Å². The van der Waals surface area contributed by atoms with E-state index in [1.807, 2.05) is 11.3 Å². The van der Waals surface area contributed by atoms with E-state index >= 15 is 0 Å². The van der Waals surface area contributed by atoms with Gasteiger partial charge in [0.15, 0.2) is 0 Å². The van der Waals surface area contributed by atoms with Gasteiger partial charge in [0.1, 0.15) is 0 Å². The lowest BCUT2D eigenvalue weighted by atomic mass is 9.43. The zero-order chi connectivity index (χ0) is 40.2. The van der Waals surface area contributed by atoms with Crippen LogP contribution >= 0.6 is 11.3 Å².